The van der Waals surface area contributed by atoms with Crippen LogP contribution in [0.2, 0.25) is 0 Å². The molecular weight excluding hydrogens is 268 g/mol. The number of aromatic carboxylic acids is 1. The topological polar surface area (TPSA) is 106 Å². The first-order valence-corrected chi connectivity index (χ1v) is 7.34. The largest absolute Gasteiger partial charge is 0.478 e. The van der Waals surface area contributed by atoms with Crippen LogP contribution in [0.25, 0.3) is 0 Å². The molecule has 0 bridgehead atoms. The highest BCUT2D eigenvalue weighted by Crippen LogP contribution is 2.42. The first-order chi connectivity index (χ1) is 9.92. The molecule has 3 rings (SSSR count). The van der Waals surface area contributed by atoms with Gasteiger partial charge in [-0.1, -0.05) is 25.0 Å². The fourth-order valence-corrected chi connectivity index (χ4v) is 2.58. The first-order valence-electron chi connectivity index (χ1n) is 7.34. The van der Waals surface area contributed by atoms with Crippen molar-refractivity contribution in [1.29, 1.82) is 0 Å². The molecule has 1 aromatic rings. The van der Waals surface area contributed by atoms with Crippen molar-refractivity contribution in [1.82, 2.24) is 0 Å². The number of hydrogen-bond donors (Lipinski definition) is 3. The lowest BCUT2D eigenvalue weighted by atomic mass is 10.0. The SMILES string of the molecule is NC(=O)C1CCCC1.NC1(c2ccc(C(=O)O)cc2)CC1. The number of carbonyl (C=O) groups is 2. The summed E-state index contributed by atoms with van der Waals surface area (Å²) in [5.74, 6) is -0.800. The number of primary amides is 1. The fourth-order valence-electron chi connectivity index (χ4n) is 2.58. The number of carbonyl (C=O) groups excluding carboxylic acids is 1. The van der Waals surface area contributed by atoms with E-state index >= 15 is 0 Å². The van der Waals surface area contributed by atoms with Gasteiger partial charge in [-0.15, -0.1) is 0 Å². The Bertz CT molecular complexity index is 515. The van der Waals surface area contributed by atoms with Gasteiger partial charge in [0.15, 0.2) is 0 Å². The summed E-state index contributed by atoms with van der Waals surface area (Å²) >= 11 is 0. The highest BCUT2D eigenvalue weighted by atomic mass is 16.4. The van der Waals surface area contributed by atoms with Crippen LogP contribution in [0.15, 0.2) is 24.3 Å². The number of carboxylic acids is 1. The van der Waals surface area contributed by atoms with E-state index in [0.29, 0.717) is 5.56 Å². The van der Waals surface area contributed by atoms with Crippen LogP contribution in [0.5, 0.6) is 0 Å². The molecule has 0 aromatic heterocycles. The number of rotatable bonds is 3. The van der Waals surface area contributed by atoms with Crippen LogP contribution in [0.3, 0.4) is 0 Å². The molecule has 2 saturated carbocycles. The Balaban J connectivity index is 0.000000173. The smallest absolute Gasteiger partial charge is 0.335 e. The third-order valence-corrected chi connectivity index (χ3v) is 4.25. The van der Waals surface area contributed by atoms with E-state index in [9.17, 15) is 9.59 Å². The second-order valence-electron chi connectivity index (χ2n) is 5.92. The Morgan fingerprint density at radius 2 is 1.62 bits per heavy atom. The Labute approximate surface area is 124 Å². The molecule has 0 unspecified atom stereocenters. The number of benzene rings is 1. The monoisotopic (exact) mass is 290 g/mol. The van der Waals surface area contributed by atoms with Gasteiger partial charge in [-0.2, -0.15) is 0 Å². The Morgan fingerprint density at radius 3 is 1.95 bits per heavy atom. The zero-order valence-electron chi connectivity index (χ0n) is 12.0. The third kappa shape index (κ3) is 4.04. The quantitative estimate of drug-likeness (QED) is 0.791. The van der Waals surface area contributed by atoms with Crippen LogP contribution >= 0.6 is 0 Å². The maximum absolute atomic E-state index is 10.5. The molecule has 5 heteroatoms. The summed E-state index contributed by atoms with van der Waals surface area (Å²) in [4.78, 5) is 21.0. The summed E-state index contributed by atoms with van der Waals surface area (Å²) in [5, 5.41) is 8.66. The fraction of sp³-hybridized carbons (Fsp3) is 0.500. The van der Waals surface area contributed by atoms with Crippen LogP contribution in [-0.2, 0) is 10.3 Å². The standard InChI is InChI=1S/C10H11NO2.C6H11NO/c11-10(5-6-10)8-3-1-7(2-4-8)9(12)13;7-6(8)5-3-1-2-4-5/h1-4H,5-6,11H2,(H,12,13);5H,1-4H2,(H2,7,8). The summed E-state index contributed by atoms with van der Waals surface area (Å²) in [5.41, 5.74) is 12.2. The third-order valence-electron chi connectivity index (χ3n) is 4.25. The first kappa shape index (κ1) is 15.5. The lowest BCUT2D eigenvalue weighted by molar-refractivity contribution is -0.121. The lowest BCUT2D eigenvalue weighted by Gasteiger charge is -2.08. The zero-order chi connectivity index (χ0) is 15.5. The molecule has 5 N–H and O–H groups in total. The normalized spacial score (nSPS) is 19.5. The van der Waals surface area contributed by atoms with Crippen molar-refractivity contribution < 1.29 is 14.7 Å². The molecule has 0 radical (unpaired) electrons. The van der Waals surface area contributed by atoms with Crippen molar-refractivity contribution in [3.8, 4) is 0 Å². The van der Waals surface area contributed by atoms with Gasteiger partial charge in [-0.25, -0.2) is 4.79 Å². The molecular formula is C16H22N2O3. The van der Waals surface area contributed by atoms with Gasteiger partial charge in [-0.05, 0) is 43.4 Å². The van der Waals surface area contributed by atoms with E-state index in [1.54, 1.807) is 24.3 Å². The van der Waals surface area contributed by atoms with Gasteiger partial charge in [0.05, 0.1) is 5.56 Å². The highest BCUT2D eigenvalue weighted by molar-refractivity contribution is 5.87. The molecule has 2 fully saturated rings. The minimum Gasteiger partial charge on any atom is -0.478 e. The number of hydrogen-bond acceptors (Lipinski definition) is 3. The maximum atomic E-state index is 10.5. The van der Waals surface area contributed by atoms with E-state index in [2.05, 4.69) is 0 Å². The number of amides is 1. The zero-order valence-corrected chi connectivity index (χ0v) is 12.0. The molecule has 0 aliphatic heterocycles. The molecule has 0 saturated heterocycles. The molecule has 5 nitrogen and oxygen atoms in total. The second kappa shape index (κ2) is 6.26. The molecule has 0 heterocycles. The highest BCUT2D eigenvalue weighted by Gasteiger charge is 2.39. The molecule has 114 valence electrons. The van der Waals surface area contributed by atoms with Crippen molar-refractivity contribution in [3.63, 3.8) is 0 Å². The predicted octanol–water partition coefficient (Wildman–Crippen LogP) is 1.99. The van der Waals surface area contributed by atoms with Gasteiger partial charge < -0.3 is 16.6 Å². The van der Waals surface area contributed by atoms with Gasteiger partial charge in [0, 0.05) is 11.5 Å². The lowest BCUT2D eigenvalue weighted by Crippen LogP contribution is -2.19. The average Bonchev–Trinajstić information content (AvgIpc) is 3.00. The molecule has 0 atom stereocenters. The Hall–Kier alpha value is -1.88. The number of nitrogens with two attached hydrogens (primary N) is 2. The van der Waals surface area contributed by atoms with Crippen molar-refractivity contribution >= 4 is 11.9 Å². The molecule has 2 aliphatic carbocycles. The average molecular weight is 290 g/mol. The van der Waals surface area contributed by atoms with Crippen molar-refractivity contribution in [3.05, 3.63) is 35.4 Å². The van der Waals surface area contributed by atoms with E-state index in [0.717, 1.165) is 31.2 Å². The predicted molar refractivity (Wildman–Crippen MR) is 79.7 cm³/mol. The summed E-state index contributed by atoms with van der Waals surface area (Å²) in [6.07, 6.45) is 6.42. The van der Waals surface area contributed by atoms with Crippen LogP contribution < -0.4 is 11.5 Å². The van der Waals surface area contributed by atoms with Crippen LogP contribution in [-0.4, -0.2) is 17.0 Å². The van der Waals surface area contributed by atoms with Crippen LogP contribution in [0.4, 0.5) is 0 Å². The number of carboxylic acid groups (broad SMARTS) is 1. The van der Waals surface area contributed by atoms with Crippen LogP contribution in [0.1, 0.15) is 54.4 Å². The van der Waals surface area contributed by atoms with E-state index in [1.165, 1.54) is 12.8 Å². The van der Waals surface area contributed by atoms with Gasteiger partial charge in [-0.3, -0.25) is 4.79 Å². The second-order valence-corrected chi connectivity index (χ2v) is 5.92. The molecule has 1 amide bonds. The van der Waals surface area contributed by atoms with E-state index in [4.69, 9.17) is 16.6 Å². The van der Waals surface area contributed by atoms with E-state index in [1.807, 2.05) is 0 Å². The van der Waals surface area contributed by atoms with Gasteiger partial charge in [0.2, 0.25) is 5.91 Å². The summed E-state index contributed by atoms with van der Waals surface area (Å²) in [6.45, 7) is 0. The molecule has 21 heavy (non-hydrogen) atoms. The molecule has 1 aromatic carbocycles. The summed E-state index contributed by atoms with van der Waals surface area (Å²) in [6, 6.07) is 6.81. The summed E-state index contributed by atoms with van der Waals surface area (Å²) in [7, 11) is 0. The van der Waals surface area contributed by atoms with Crippen molar-refractivity contribution in [2.75, 3.05) is 0 Å². The van der Waals surface area contributed by atoms with Crippen LogP contribution in [0, 0.1) is 5.92 Å². The minimum atomic E-state index is -0.895. The van der Waals surface area contributed by atoms with Gasteiger partial charge in [0.1, 0.15) is 0 Å². The molecule has 0 spiro atoms. The molecule has 2 aliphatic rings. The van der Waals surface area contributed by atoms with E-state index < -0.39 is 5.97 Å². The van der Waals surface area contributed by atoms with Crippen molar-refractivity contribution in [2.24, 2.45) is 17.4 Å². The van der Waals surface area contributed by atoms with Gasteiger partial charge >= 0.3 is 5.97 Å². The Kier molecular flexibility index (Phi) is 4.63. The Morgan fingerprint density at radius 1 is 1.10 bits per heavy atom. The van der Waals surface area contributed by atoms with Crippen molar-refractivity contribution in [2.45, 2.75) is 44.1 Å². The minimum absolute atomic E-state index is 0.109. The maximum Gasteiger partial charge on any atom is 0.335 e. The van der Waals surface area contributed by atoms with Gasteiger partial charge in [0.25, 0.3) is 0 Å². The van der Waals surface area contributed by atoms with E-state index in [-0.39, 0.29) is 17.4 Å². The summed E-state index contributed by atoms with van der Waals surface area (Å²) < 4.78 is 0.